The van der Waals surface area contributed by atoms with E-state index in [9.17, 15) is 17.6 Å². The van der Waals surface area contributed by atoms with Crippen LogP contribution in [0.3, 0.4) is 0 Å². The number of aryl methyl sites for hydroxylation is 1. The summed E-state index contributed by atoms with van der Waals surface area (Å²) in [5, 5.41) is 0. The smallest absolute Gasteiger partial charge is 0.344 e. The number of rotatable bonds is 1. The predicted octanol–water partition coefficient (Wildman–Crippen LogP) is 3.45. The van der Waals surface area contributed by atoms with E-state index in [1.165, 1.54) is 17.0 Å². The normalized spacial score (nSPS) is 21.2. The molecule has 0 bridgehead atoms. The Bertz CT molecular complexity index is 410. The van der Waals surface area contributed by atoms with Crippen molar-refractivity contribution in [3.05, 3.63) is 23.6 Å². The Kier molecular flexibility index (Phi) is 3.45. The van der Waals surface area contributed by atoms with Gasteiger partial charge >= 0.3 is 6.18 Å². The topological polar surface area (TPSA) is 16.1 Å². The Morgan fingerprint density at radius 3 is 2.61 bits per heavy atom. The molecule has 0 aliphatic carbocycles. The van der Waals surface area contributed by atoms with Crippen molar-refractivity contribution in [3.63, 3.8) is 0 Å². The second-order valence-corrected chi connectivity index (χ2v) is 4.57. The molecule has 0 saturated carbocycles. The van der Waals surface area contributed by atoms with Gasteiger partial charge in [0.05, 0.1) is 0 Å². The van der Waals surface area contributed by atoms with Crippen LogP contribution in [0.5, 0.6) is 0 Å². The first-order valence-electron chi connectivity index (χ1n) is 5.85. The lowest BCUT2D eigenvalue weighted by molar-refractivity contribution is -0.152. The minimum absolute atomic E-state index is 0.0424. The Balaban J connectivity index is 2.33. The van der Waals surface area contributed by atoms with Crippen molar-refractivity contribution in [2.75, 3.05) is 11.4 Å². The molecule has 18 heavy (non-hydrogen) atoms. The number of hydrogen-bond donors (Lipinski definition) is 0. The Morgan fingerprint density at radius 2 is 2.00 bits per heavy atom. The summed E-state index contributed by atoms with van der Waals surface area (Å²) in [5.41, 5.74) is 0.573. The Morgan fingerprint density at radius 1 is 1.28 bits per heavy atom. The van der Waals surface area contributed by atoms with Crippen molar-refractivity contribution in [2.24, 2.45) is 0 Å². The van der Waals surface area contributed by atoms with Gasteiger partial charge in [0.2, 0.25) is 5.95 Å². The predicted molar refractivity (Wildman–Crippen MR) is 60.0 cm³/mol. The van der Waals surface area contributed by atoms with Gasteiger partial charge in [0.15, 0.2) is 0 Å². The Labute approximate surface area is 103 Å². The first kappa shape index (κ1) is 13.1. The summed E-state index contributed by atoms with van der Waals surface area (Å²) >= 11 is 0. The lowest BCUT2D eigenvalue weighted by atomic mass is 10.0. The highest BCUT2D eigenvalue weighted by Crippen LogP contribution is 2.34. The number of alkyl halides is 3. The number of pyridine rings is 1. The van der Waals surface area contributed by atoms with Crippen LogP contribution >= 0.6 is 0 Å². The highest BCUT2D eigenvalue weighted by molar-refractivity contribution is 5.43. The van der Waals surface area contributed by atoms with Crippen molar-refractivity contribution in [2.45, 2.75) is 38.4 Å². The van der Waals surface area contributed by atoms with E-state index >= 15 is 0 Å². The van der Waals surface area contributed by atoms with Crippen molar-refractivity contribution in [1.82, 2.24) is 4.98 Å². The molecule has 1 fully saturated rings. The minimum Gasteiger partial charge on any atom is -0.344 e. The third-order valence-electron chi connectivity index (χ3n) is 3.10. The van der Waals surface area contributed by atoms with Crippen molar-refractivity contribution in [3.8, 4) is 0 Å². The second-order valence-electron chi connectivity index (χ2n) is 4.57. The molecule has 100 valence electrons. The molecule has 0 radical (unpaired) electrons. The van der Waals surface area contributed by atoms with Crippen LogP contribution in [0.1, 0.15) is 24.8 Å². The van der Waals surface area contributed by atoms with Gasteiger partial charge in [-0.05, 0) is 43.9 Å². The van der Waals surface area contributed by atoms with Gasteiger partial charge in [-0.1, -0.05) is 0 Å². The summed E-state index contributed by atoms with van der Waals surface area (Å²) in [4.78, 5) is 4.75. The summed E-state index contributed by atoms with van der Waals surface area (Å²) in [6.45, 7) is 1.90. The van der Waals surface area contributed by atoms with Crippen molar-refractivity contribution in [1.29, 1.82) is 0 Å². The summed E-state index contributed by atoms with van der Waals surface area (Å²) in [7, 11) is 0. The maximum Gasteiger partial charge on any atom is 0.408 e. The molecule has 1 atom stereocenters. The van der Waals surface area contributed by atoms with Crippen LogP contribution in [0.15, 0.2) is 12.1 Å². The highest BCUT2D eigenvalue weighted by atomic mass is 19.4. The van der Waals surface area contributed by atoms with Crippen molar-refractivity contribution >= 4 is 5.82 Å². The van der Waals surface area contributed by atoms with E-state index in [1.54, 1.807) is 6.92 Å². The van der Waals surface area contributed by atoms with Gasteiger partial charge < -0.3 is 4.90 Å². The van der Waals surface area contributed by atoms with Gasteiger partial charge in [-0.2, -0.15) is 17.6 Å². The summed E-state index contributed by atoms with van der Waals surface area (Å²) in [6.07, 6.45) is -3.05. The molecule has 0 aromatic carbocycles. The summed E-state index contributed by atoms with van der Waals surface area (Å²) in [6, 6.07) is 1.14. The molecular weight excluding hydrogens is 248 g/mol. The molecule has 0 spiro atoms. The molecule has 1 aromatic rings. The summed E-state index contributed by atoms with van der Waals surface area (Å²) < 4.78 is 51.9. The number of anilines is 1. The molecule has 1 aliphatic rings. The maximum atomic E-state index is 13.2. The monoisotopic (exact) mass is 262 g/mol. The molecule has 2 heterocycles. The van der Waals surface area contributed by atoms with Gasteiger partial charge in [0, 0.05) is 6.54 Å². The Hall–Kier alpha value is -1.33. The van der Waals surface area contributed by atoms with Crippen LogP contribution in [0.4, 0.5) is 23.4 Å². The van der Waals surface area contributed by atoms with Crippen LogP contribution in [0, 0.1) is 12.9 Å². The fourth-order valence-electron chi connectivity index (χ4n) is 2.30. The zero-order valence-corrected chi connectivity index (χ0v) is 9.97. The fraction of sp³-hybridized carbons (Fsp3) is 0.583. The first-order valence-corrected chi connectivity index (χ1v) is 5.85. The largest absolute Gasteiger partial charge is 0.408 e. The second kappa shape index (κ2) is 4.74. The highest BCUT2D eigenvalue weighted by Gasteiger charge is 2.45. The fourth-order valence-corrected chi connectivity index (χ4v) is 2.30. The van der Waals surface area contributed by atoms with Gasteiger partial charge in [0.25, 0.3) is 0 Å². The first-order chi connectivity index (χ1) is 8.38. The quantitative estimate of drug-likeness (QED) is 0.569. The summed E-state index contributed by atoms with van der Waals surface area (Å²) in [5.74, 6) is -0.661. The zero-order chi connectivity index (χ0) is 13.3. The number of aromatic nitrogens is 1. The molecule has 2 rings (SSSR count). The van der Waals surface area contributed by atoms with Crippen LogP contribution in [0.25, 0.3) is 0 Å². The van der Waals surface area contributed by atoms with Gasteiger partial charge in [-0.3, -0.25) is 0 Å². The van der Waals surface area contributed by atoms with Gasteiger partial charge in [0.1, 0.15) is 11.9 Å². The molecule has 2 nitrogen and oxygen atoms in total. The van der Waals surface area contributed by atoms with Crippen molar-refractivity contribution < 1.29 is 17.6 Å². The number of hydrogen-bond acceptors (Lipinski definition) is 2. The van der Waals surface area contributed by atoms with E-state index in [4.69, 9.17) is 0 Å². The van der Waals surface area contributed by atoms with E-state index in [1.807, 2.05) is 0 Å². The van der Waals surface area contributed by atoms with Crippen LogP contribution in [-0.2, 0) is 0 Å². The molecule has 0 N–H and O–H groups in total. The minimum atomic E-state index is -4.30. The SMILES string of the molecule is Cc1cc(F)nc(N2CCCCC2C(F)(F)F)c1. The average molecular weight is 262 g/mol. The molecule has 0 amide bonds. The molecule has 6 heteroatoms. The average Bonchev–Trinajstić information content (AvgIpc) is 2.26. The molecule has 1 aromatic heterocycles. The van der Waals surface area contributed by atoms with E-state index in [2.05, 4.69) is 4.98 Å². The lowest BCUT2D eigenvalue weighted by Crippen LogP contribution is -2.49. The third-order valence-corrected chi connectivity index (χ3v) is 3.10. The van der Waals surface area contributed by atoms with Gasteiger partial charge in [-0.15, -0.1) is 0 Å². The lowest BCUT2D eigenvalue weighted by Gasteiger charge is -2.37. The zero-order valence-electron chi connectivity index (χ0n) is 9.97. The van der Waals surface area contributed by atoms with Crippen LogP contribution in [-0.4, -0.2) is 23.7 Å². The van der Waals surface area contributed by atoms with E-state index in [-0.39, 0.29) is 18.8 Å². The number of halogens is 4. The molecule has 1 aliphatic heterocycles. The number of piperidine rings is 1. The molecule has 1 saturated heterocycles. The van der Waals surface area contributed by atoms with Crippen LogP contribution < -0.4 is 4.90 Å². The third kappa shape index (κ3) is 2.73. The molecule has 1 unspecified atom stereocenters. The molecular formula is C12H14F4N2. The van der Waals surface area contributed by atoms with Gasteiger partial charge in [-0.25, -0.2) is 4.98 Å². The number of nitrogens with zero attached hydrogens (tertiary/aromatic N) is 2. The van der Waals surface area contributed by atoms with E-state index in [0.29, 0.717) is 18.4 Å². The maximum absolute atomic E-state index is 13.2. The van der Waals surface area contributed by atoms with E-state index in [0.717, 1.165) is 0 Å². The van der Waals surface area contributed by atoms with E-state index < -0.39 is 18.2 Å². The standard InChI is InChI=1S/C12H14F4N2/c1-8-6-10(13)17-11(7-8)18-5-3-2-4-9(18)12(14,15)16/h6-7,9H,2-5H2,1H3. The van der Waals surface area contributed by atoms with Crippen LogP contribution in [0.2, 0.25) is 0 Å².